The van der Waals surface area contributed by atoms with Gasteiger partial charge in [-0.2, -0.15) is 0 Å². The minimum Gasteiger partial charge on any atom is -0.322 e. The predicted octanol–water partition coefficient (Wildman–Crippen LogP) is 1.18. The molecule has 106 valence electrons. The normalized spacial score (nSPS) is 13.1. The van der Waals surface area contributed by atoms with E-state index in [-0.39, 0.29) is 22.9 Å². The van der Waals surface area contributed by atoms with Gasteiger partial charge in [-0.05, 0) is 24.6 Å². The largest absolute Gasteiger partial charge is 0.322 e. The van der Waals surface area contributed by atoms with Crippen molar-refractivity contribution in [3.8, 4) is 0 Å². The average Bonchev–Trinajstić information content (AvgIpc) is 2.29. The van der Waals surface area contributed by atoms with Crippen LogP contribution in [0.25, 0.3) is 0 Å². The van der Waals surface area contributed by atoms with Gasteiger partial charge >= 0.3 is 0 Å². The first-order valence-electron chi connectivity index (χ1n) is 5.38. The number of benzene rings is 1. The summed E-state index contributed by atoms with van der Waals surface area (Å²) in [6.45, 7) is 0. The Balaban J connectivity index is 2.66. The van der Waals surface area contributed by atoms with E-state index < -0.39 is 27.6 Å². The van der Waals surface area contributed by atoms with E-state index in [0.717, 1.165) is 12.3 Å². The fourth-order valence-corrected chi connectivity index (χ4v) is 2.15. The summed E-state index contributed by atoms with van der Waals surface area (Å²) in [4.78, 5) is 11.7. The number of sulfone groups is 1. The Morgan fingerprint density at radius 2 is 2.16 bits per heavy atom. The maximum Gasteiger partial charge on any atom is 0.241 e. The highest BCUT2D eigenvalue weighted by molar-refractivity contribution is 7.90. The molecule has 0 aliphatic rings. The highest BCUT2D eigenvalue weighted by Gasteiger charge is 2.17. The second kappa shape index (κ2) is 6.31. The van der Waals surface area contributed by atoms with E-state index >= 15 is 0 Å². The molecule has 0 saturated carbocycles. The van der Waals surface area contributed by atoms with Crippen molar-refractivity contribution in [2.24, 2.45) is 5.73 Å². The van der Waals surface area contributed by atoms with Crippen LogP contribution >= 0.6 is 11.6 Å². The average molecular weight is 309 g/mol. The van der Waals surface area contributed by atoms with Gasteiger partial charge < -0.3 is 11.1 Å². The van der Waals surface area contributed by atoms with Gasteiger partial charge in [-0.15, -0.1) is 0 Å². The monoisotopic (exact) mass is 308 g/mol. The van der Waals surface area contributed by atoms with Crippen molar-refractivity contribution in [3.63, 3.8) is 0 Å². The Labute approximate surface area is 115 Å². The summed E-state index contributed by atoms with van der Waals surface area (Å²) < 4.78 is 35.3. The molecule has 5 nitrogen and oxygen atoms in total. The zero-order valence-corrected chi connectivity index (χ0v) is 11.8. The van der Waals surface area contributed by atoms with Crippen LogP contribution in [0.3, 0.4) is 0 Å². The molecule has 1 rings (SSSR count). The van der Waals surface area contributed by atoms with E-state index in [1.807, 2.05) is 0 Å². The van der Waals surface area contributed by atoms with Crippen molar-refractivity contribution in [3.05, 3.63) is 29.0 Å². The molecule has 0 aliphatic carbocycles. The lowest BCUT2D eigenvalue weighted by Gasteiger charge is -2.12. The molecule has 0 saturated heterocycles. The summed E-state index contributed by atoms with van der Waals surface area (Å²) in [6.07, 6.45) is 1.01. The number of halogens is 2. The van der Waals surface area contributed by atoms with Crippen LogP contribution in [0.1, 0.15) is 6.42 Å². The van der Waals surface area contributed by atoms with Crippen molar-refractivity contribution < 1.29 is 17.6 Å². The van der Waals surface area contributed by atoms with Crippen LogP contribution in [-0.4, -0.2) is 32.4 Å². The topological polar surface area (TPSA) is 89.3 Å². The van der Waals surface area contributed by atoms with Crippen molar-refractivity contribution in [2.45, 2.75) is 12.5 Å². The molecular formula is C11H14ClFN2O3S. The fraction of sp³-hybridized carbons (Fsp3) is 0.364. The second-order valence-electron chi connectivity index (χ2n) is 4.14. The van der Waals surface area contributed by atoms with Gasteiger partial charge in [0.25, 0.3) is 0 Å². The van der Waals surface area contributed by atoms with E-state index in [9.17, 15) is 17.6 Å². The molecule has 0 fully saturated rings. The van der Waals surface area contributed by atoms with Gasteiger partial charge in [-0.1, -0.05) is 11.6 Å². The lowest BCUT2D eigenvalue weighted by atomic mass is 10.2. The van der Waals surface area contributed by atoms with Crippen molar-refractivity contribution in [2.75, 3.05) is 17.3 Å². The number of hydrogen-bond acceptors (Lipinski definition) is 4. The zero-order valence-electron chi connectivity index (χ0n) is 10.2. The molecule has 1 aromatic carbocycles. The lowest BCUT2D eigenvalue weighted by molar-refractivity contribution is -0.117. The summed E-state index contributed by atoms with van der Waals surface area (Å²) in [5, 5.41) is 2.53. The standard InChI is InChI=1S/C11H14ClFN2O3S/c1-19(17,18)5-4-9(14)11(16)15-10-6-7(12)2-3-8(10)13/h2-3,6,9H,4-5,14H2,1H3,(H,15,16). The summed E-state index contributed by atoms with van der Waals surface area (Å²) >= 11 is 5.67. The van der Waals surface area contributed by atoms with Gasteiger partial charge in [-0.25, -0.2) is 12.8 Å². The fourth-order valence-electron chi connectivity index (χ4n) is 1.29. The van der Waals surface area contributed by atoms with Gasteiger partial charge in [0.1, 0.15) is 15.7 Å². The number of rotatable bonds is 5. The van der Waals surface area contributed by atoms with E-state index in [4.69, 9.17) is 17.3 Å². The number of nitrogens with two attached hydrogens (primary N) is 1. The van der Waals surface area contributed by atoms with Crippen molar-refractivity contribution >= 4 is 33.0 Å². The molecule has 1 unspecified atom stereocenters. The Bertz CT molecular complexity index is 577. The number of carbonyl (C=O) groups excluding carboxylic acids is 1. The third-order valence-electron chi connectivity index (χ3n) is 2.32. The number of hydrogen-bond donors (Lipinski definition) is 2. The van der Waals surface area contributed by atoms with Crippen LogP contribution < -0.4 is 11.1 Å². The lowest BCUT2D eigenvalue weighted by Crippen LogP contribution is -2.37. The summed E-state index contributed by atoms with van der Waals surface area (Å²) in [5.74, 6) is -1.52. The van der Waals surface area contributed by atoms with Gasteiger partial charge in [0.2, 0.25) is 5.91 Å². The highest BCUT2D eigenvalue weighted by atomic mass is 35.5. The zero-order chi connectivity index (χ0) is 14.6. The van der Waals surface area contributed by atoms with Crippen LogP contribution in [0.15, 0.2) is 18.2 Å². The van der Waals surface area contributed by atoms with Crippen molar-refractivity contribution in [1.29, 1.82) is 0 Å². The van der Waals surface area contributed by atoms with Gasteiger partial charge in [-0.3, -0.25) is 4.79 Å². The number of carbonyl (C=O) groups is 1. The summed E-state index contributed by atoms with van der Waals surface area (Å²) in [5.41, 5.74) is 5.44. The van der Waals surface area contributed by atoms with Gasteiger partial charge in [0.05, 0.1) is 17.5 Å². The Hall–Kier alpha value is -1.18. The Morgan fingerprint density at radius 3 is 2.74 bits per heavy atom. The number of amides is 1. The quantitative estimate of drug-likeness (QED) is 0.855. The smallest absolute Gasteiger partial charge is 0.241 e. The minimum absolute atomic E-state index is 0.0349. The molecular weight excluding hydrogens is 295 g/mol. The second-order valence-corrected chi connectivity index (χ2v) is 6.83. The Kier molecular flexibility index (Phi) is 5.28. The molecule has 19 heavy (non-hydrogen) atoms. The van der Waals surface area contributed by atoms with E-state index in [1.165, 1.54) is 12.1 Å². The summed E-state index contributed by atoms with van der Waals surface area (Å²) in [6, 6.07) is 2.67. The van der Waals surface area contributed by atoms with E-state index in [0.29, 0.717) is 0 Å². The number of anilines is 1. The van der Waals surface area contributed by atoms with Crippen molar-refractivity contribution in [1.82, 2.24) is 0 Å². The molecule has 0 spiro atoms. The molecule has 0 bridgehead atoms. The van der Waals surface area contributed by atoms with Crippen LogP contribution in [-0.2, 0) is 14.6 Å². The molecule has 1 amide bonds. The van der Waals surface area contributed by atoms with E-state index in [2.05, 4.69) is 5.32 Å². The molecule has 0 aromatic heterocycles. The molecule has 0 aliphatic heterocycles. The van der Waals surface area contributed by atoms with Crippen LogP contribution in [0.4, 0.5) is 10.1 Å². The Morgan fingerprint density at radius 1 is 1.53 bits per heavy atom. The number of nitrogens with one attached hydrogen (secondary N) is 1. The molecule has 8 heteroatoms. The van der Waals surface area contributed by atoms with E-state index in [1.54, 1.807) is 0 Å². The SMILES string of the molecule is CS(=O)(=O)CCC(N)C(=O)Nc1cc(Cl)ccc1F. The maximum absolute atomic E-state index is 13.4. The maximum atomic E-state index is 13.4. The highest BCUT2D eigenvalue weighted by Crippen LogP contribution is 2.19. The third kappa shape index (κ3) is 5.54. The van der Waals surface area contributed by atoms with Crippen LogP contribution in [0.5, 0.6) is 0 Å². The first kappa shape index (κ1) is 15.9. The summed E-state index contributed by atoms with van der Waals surface area (Å²) in [7, 11) is -3.20. The first-order chi connectivity index (χ1) is 8.69. The van der Waals surface area contributed by atoms with Gasteiger partial charge in [0, 0.05) is 11.3 Å². The van der Waals surface area contributed by atoms with Gasteiger partial charge in [0.15, 0.2) is 0 Å². The predicted molar refractivity (Wildman–Crippen MR) is 72.3 cm³/mol. The molecule has 3 N–H and O–H groups in total. The van der Waals surface area contributed by atoms with Crippen LogP contribution in [0.2, 0.25) is 5.02 Å². The molecule has 0 heterocycles. The first-order valence-corrected chi connectivity index (χ1v) is 7.82. The minimum atomic E-state index is -3.20. The molecule has 1 atom stereocenters. The molecule has 0 radical (unpaired) electrons. The van der Waals surface area contributed by atoms with Crippen LogP contribution in [0, 0.1) is 5.82 Å². The molecule has 1 aromatic rings. The third-order valence-corrected chi connectivity index (χ3v) is 3.54.